The third-order valence-corrected chi connectivity index (χ3v) is 6.87. The molecule has 1 heteroatoms. The molecule has 0 saturated heterocycles. The number of halogens is 1. The summed E-state index contributed by atoms with van der Waals surface area (Å²) in [5.41, 5.74) is 11.0. The van der Waals surface area contributed by atoms with Crippen LogP contribution in [0.3, 0.4) is 0 Å². The maximum Gasteiger partial charge on any atom is 0.0725 e. The second-order valence-electron chi connectivity index (χ2n) is 7.05. The topological polar surface area (TPSA) is 0 Å². The molecule has 0 radical (unpaired) electrons. The minimum absolute atomic E-state index is 0.194. The molecule has 26 heavy (non-hydrogen) atoms. The largest absolute Gasteiger partial charge is 0.0725 e. The Labute approximate surface area is 166 Å². The summed E-state index contributed by atoms with van der Waals surface area (Å²) in [6, 6.07) is 33.6. The van der Waals surface area contributed by atoms with Gasteiger partial charge in [0.25, 0.3) is 0 Å². The van der Waals surface area contributed by atoms with Gasteiger partial charge < -0.3 is 0 Å². The lowest BCUT2D eigenvalue weighted by Crippen LogP contribution is -2.25. The molecule has 0 fully saturated rings. The molecule has 0 N–H and O–H groups in total. The van der Waals surface area contributed by atoms with Crippen molar-refractivity contribution >= 4 is 22.6 Å². The molecular weight excluding hydrogens is 427 g/mol. The molecule has 0 aromatic heterocycles. The van der Waals surface area contributed by atoms with Gasteiger partial charge in [0.05, 0.1) is 5.41 Å². The molecule has 0 unspecified atom stereocenters. The highest BCUT2D eigenvalue weighted by molar-refractivity contribution is 14.1. The Morgan fingerprint density at radius 2 is 0.923 bits per heavy atom. The Balaban J connectivity index is 1.89. The van der Waals surface area contributed by atoms with Crippen LogP contribution >= 0.6 is 22.6 Å². The van der Waals surface area contributed by atoms with Crippen molar-refractivity contribution in [2.75, 3.05) is 0 Å². The Kier molecular flexibility index (Phi) is 2.88. The predicted molar refractivity (Wildman–Crippen MR) is 115 cm³/mol. The van der Waals surface area contributed by atoms with Crippen molar-refractivity contribution in [1.82, 2.24) is 0 Å². The van der Waals surface area contributed by atoms with E-state index < -0.39 is 0 Å². The number of fused-ring (bicyclic) bond motifs is 10. The van der Waals surface area contributed by atoms with Crippen LogP contribution in [0.4, 0.5) is 0 Å². The van der Waals surface area contributed by atoms with Crippen molar-refractivity contribution in [1.29, 1.82) is 0 Å². The quantitative estimate of drug-likeness (QED) is 0.232. The molecule has 2 aliphatic rings. The molecule has 2 aliphatic carbocycles. The van der Waals surface area contributed by atoms with Crippen LogP contribution in [0.1, 0.15) is 22.3 Å². The fourth-order valence-electron chi connectivity index (χ4n) is 5.10. The smallest absolute Gasteiger partial charge is 0.0619 e. The van der Waals surface area contributed by atoms with Crippen LogP contribution in [0.5, 0.6) is 0 Å². The van der Waals surface area contributed by atoms with Crippen LogP contribution in [0.15, 0.2) is 91.0 Å². The van der Waals surface area contributed by atoms with Crippen molar-refractivity contribution in [3.63, 3.8) is 0 Å². The molecule has 0 nitrogen and oxygen atoms in total. The number of rotatable bonds is 0. The molecule has 0 bridgehead atoms. The van der Waals surface area contributed by atoms with Crippen molar-refractivity contribution in [3.8, 4) is 22.3 Å². The van der Waals surface area contributed by atoms with E-state index in [1.807, 2.05) is 0 Å². The standard InChI is InChI=1S/C25H15I/c26-23-15-7-14-22-24(23)18-10-3-6-13-21(18)25(22)19-11-4-1-8-16(19)17-9-2-5-12-20(17)25/h1-15H. The predicted octanol–water partition coefficient (Wildman–Crippen LogP) is 6.63. The molecule has 4 aromatic carbocycles. The van der Waals surface area contributed by atoms with E-state index in [1.54, 1.807) is 0 Å². The third kappa shape index (κ3) is 1.56. The maximum atomic E-state index is 2.49. The van der Waals surface area contributed by atoms with Crippen molar-refractivity contribution < 1.29 is 0 Å². The molecule has 1 spiro atoms. The fraction of sp³-hybridized carbons (Fsp3) is 0.0400. The van der Waals surface area contributed by atoms with Crippen LogP contribution in [0, 0.1) is 3.57 Å². The van der Waals surface area contributed by atoms with E-state index in [1.165, 1.54) is 48.1 Å². The van der Waals surface area contributed by atoms with E-state index in [4.69, 9.17) is 0 Å². The van der Waals surface area contributed by atoms with Gasteiger partial charge in [-0.3, -0.25) is 0 Å². The van der Waals surface area contributed by atoms with Gasteiger partial charge in [-0.15, -0.1) is 0 Å². The summed E-state index contributed by atoms with van der Waals surface area (Å²) in [5, 5.41) is 0. The van der Waals surface area contributed by atoms with Gasteiger partial charge >= 0.3 is 0 Å². The monoisotopic (exact) mass is 442 g/mol. The highest BCUT2D eigenvalue weighted by atomic mass is 127. The molecule has 0 heterocycles. The van der Waals surface area contributed by atoms with Crippen LogP contribution in [0.25, 0.3) is 22.3 Å². The lowest BCUT2D eigenvalue weighted by Gasteiger charge is -2.30. The highest BCUT2D eigenvalue weighted by Gasteiger charge is 2.51. The third-order valence-electron chi connectivity index (χ3n) is 5.97. The molecular formula is C25H15I. The zero-order chi connectivity index (χ0) is 17.3. The summed E-state index contributed by atoms with van der Waals surface area (Å²) in [4.78, 5) is 0. The van der Waals surface area contributed by atoms with Gasteiger partial charge in [0, 0.05) is 9.13 Å². The zero-order valence-corrected chi connectivity index (χ0v) is 16.2. The fourth-order valence-corrected chi connectivity index (χ4v) is 5.89. The van der Waals surface area contributed by atoms with E-state index >= 15 is 0 Å². The molecule has 0 amide bonds. The van der Waals surface area contributed by atoms with Gasteiger partial charge in [-0.25, -0.2) is 0 Å². The van der Waals surface area contributed by atoms with E-state index in [9.17, 15) is 0 Å². The van der Waals surface area contributed by atoms with Crippen LogP contribution in [0.2, 0.25) is 0 Å². The van der Waals surface area contributed by atoms with Crippen molar-refractivity contribution in [3.05, 3.63) is 117 Å². The summed E-state index contributed by atoms with van der Waals surface area (Å²) in [6.07, 6.45) is 0. The lowest BCUT2D eigenvalue weighted by molar-refractivity contribution is 0.793. The van der Waals surface area contributed by atoms with Gasteiger partial charge in [0.1, 0.15) is 0 Å². The van der Waals surface area contributed by atoms with Gasteiger partial charge in [0.15, 0.2) is 0 Å². The first kappa shape index (κ1) is 14.7. The normalized spacial score (nSPS) is 14.7. The Hall–Kier alpha value is -2.39. The molecule has 6 rings (SSSR count). The van der Waals surface area contributed by atoms with Crippen LogP contribution in [-0.4, -0.2) is 0 Å². The van der Waals surface area contributed by atoms with E-state index in [0.717, 1.165) is 0 Å². The van der Waals surface area contributed by atoms with Gasteiger partial charge in [-0.2, -0.15) is 0 Å². The SMILES string of the molecule is Ic1cccc2c1-c1ccccc1C21c2ccccc2-c2ccccc21. The van der Waals surface area contributed by atoms with Gasteiger partial charge in [-0.05, 0) is 67.6 Å². The minimum atomic E-state index is -0.194. The number of hydrogen-bond acceptors (Lipinski definition) is 0. The van der Waals surface area contributed by atoms with E-state index in [2.05, 4.69) is 114 Å². The second-order valence-corrected chi connectivity index (χ2v) is 8.21. The molecule has 122 valence electrons. The van der Waals surface area contributed by atoms with E-state index in [0.29, 0.717) is 0 Å². The average Bonchev–Trinajstić information content (AvgIpc) is 3.16. The first-order valence-corrected chi connectivity index (χ1v) is 9.99. The summed E-state index contributed by atoms with van der Waals surface area (Å²) in [5.74, 6) is 0. The van der Waals surface area contributed by atoms with Crippen LogP contribution in [-0.2, 0) is 5.41 Å². The summed E-state index contributed by atoms with van der Waals surface area (Å²) in [6.45, 7) is 0. The zero-order valence-electron chi connectivity index (χ0n) is 14.0. The summed E-state index contributed by atoms with van der Waals surface area (Å²) in [7, 11) is 0. The summed E-state index contributed by atoms with van der Waals surface area (Å²) >= 11 is 2.49. The molecule has 0 saturated carbocycles. The maximum absolute atomic E-state index is 2.49. The summed E-state index contributed by atoms with van der Waals surface area (Å²) < 4.78 is 1.33. The Morgan fingerprint density at radius 1 is 0.462 bits per heavy atom. The Morgan fingerprint density at radius 3 is 1.54 bits per heavy atom. The van der Waals surface area contributed by atoms with E-state index in [-0.39, 0.29) is 5.41 Å². The number of hydrogen-bond donors (Lipinski definition) is 0. The van der Waals surface area contributed by atoms with Gasteiger partial charge in [0.2, 0.25) is 0 Å². The van der Waals surface area contributed by atoms with Crippen molar-refractivity contribution in [2.24, 2.45) is 0 Å². The molecule has 0 aliphatic heterocycles. The minimum Gasteiger partial charge on any atom is -0.0619 e. The number of benzene rings is 4. The molecule has 4 aromatic rings. The van der Waals surface area contributed by atoms with Gasteiger partial charge in [-0.1, -0.05) is 84.9 Å². The van der Waals surface area contributed by atoms with Crippen molar-refractivity contribution in [2.45, 2.75) is 5.41 Å². The second kappa shape index (κ2) is 5.08. The first-order valence-electron chi connectivity index (χ1n) is 8.92. The van der Waals surface area contributed by atoms with Crippen LogP contribution < -0.4 is 0 Å². The first-order chi connectivity index (χ1) is 12.8. The Bertz CT molecular complexity index is 1160. The lowest BCUT2D eigenvalue weighted by atomic mass is 9.70. The highest BCUT2D eigenvalue weighted by Crippen LogP contribution is 2.63. The average molecular weight is 442 g/mol. The molecule has 0 atom stereocenters.